The Kier molecular flexibility index (Phi) is 18.9. The first-order chi connectivity index (χ1) is 12.9. The summed E-state index contributed by atoms with van der Waals surface area (Å²) in [6.07, 6.45) is 19.5. The topological polar surface area (TPSA) is 38.7 Å². The third kappa shape index (κ3) is 19.6. The summed E-state index contributed by atoms with van der Waals surface area (Å²) in [6.45, 7) is 5.75. The van der Waals surface area contributed by atoms with E-state index in [4.69, 9.17) is 20.9 Å². The van der Waals surface area contributed by atoms with Gasteiger partial charge in [0.05, 0.1) is 12.7 Å². The van der Waals surface area contributed by atoms with Crippen LogP contribution in [0.25, 0.3) is 0 Å². The second-order valence-electron chi connectivity index (χ2n) is 8.25. The van der Waals surface area contributed by atoms with Crippen LogP contribution in [0.2, 0.25) is 0 Å². The summed E-state index contributed by atoms with van der Waals surface area (Å²) in [4.78, 5) is 10.2. The molecule has 2 unspecified atom stereocenters. The summed E-state index contributed by atoms with van der Waals surface area (Å²) in [5.74, 6) is 0.497. The lowest BCUT2D eigenvalue weighted by Gasteiger charge is -2.22. The molecule has 1 N–H and O–H groups in total. The molecule has 0 aromatic heterocycles. The van der Waals surface area contributed by atoms with E-state index in [-0.39, 0.29) is 6.10 Å². The van der Waals surface area contributed by atoms with Crippen molar-refractivity contribution in [1.82, 2.24) is 0 Å². The maximum absolute atomic E-state index is 10.2. The van der Waals surface area contributed by atoms with Crippen LogP contribution in [-0.4, -0.2) is 17.6 Å². The Morgan fingerprint density at radius 1 is 0.741 bits per heavy atom. The lowest BCUT2D eigenvalue weighted by Crippen LogP contribution is -2.11. The molecule has 0 rings (SSSR count). The predicted octanol–water partition coefficient (Wildman–Crippen LogP) is 8.15. The van der Waals surface area contributed by atoms with Gasteiger partial charge in [-0.25, -0.2) is 0 Å². The van der Waals surface area contributed by atoms with Crippen LogP contribution in [0.4, 0.5) is 0 Å². The highest BCUT2D eigenvalue weighted by Gasteiger charge is 2.20. The maximum Gasteiger partial charge on any atom is 0.324 e. The molecule has 27 heavy (non-hydrogen) atoms. The largest absolute Gasteiger partial charge is 0.324 e. The summed E-state index contributed by atoms with van der Waals surface area (Å²) < 4.78 is 11.1. The second-order valence-corrected chi connectivity index (χ2v) is 11.0. The van der Waals surface area contributed by atoms with Gasteiger partial charge in [-0.05, 0) is 44.4 Å². The van der Waals surface area contributed by atoms with E-state index in [9.17, 15) is 4.89 Å². The third-order valence-corrected chi connectivity index (χ3v) is 6.74. The van der Waals surface area contributed by atoms with Gasteiger partial charge >= 0.3 is 6.72 Å². The lowest BCUT2D eigenvalue weighted by molar-refractivity contribution is 0.139. The smallest absolute Gasteiger partial charge is 0.324 e. The maximum atomic E-state index is 10.2. The number of rotatable bonds is 20. The molecule has 0 saturated heterocycles. The van der Waals surface area contributed by atoms with Crippen molar-refractivity contribution in [2.45, 2.75) is 130 Å². The second kappa shape index (κ2) is 18.6. The van der Waals surface area contributed by atoms with Gasteiger partial charge in [-0.15, -0.1) is 0 Å². The van der Waals surface area contributed by atoms with Crippen LogP contribution in [-0.2, 0) is 20.9 Å². The molecule has 2 atom stereocenters. The fourth-order valence-electron chi connectivity index (χ4n) is 3.41. The minimum absolute atomic E-state index is 0.0963. The van der Waals surface area contributed by atoms with Crippen LogP contribution in [0.15, 0.2) is 0 Å². The summed E-state index contributed by atoms with van der Waals surface area (Å²) >= 11 is 5.14. The van der Waals surface area contributed by atoms with E-state index >= 15 is 0 Å². The van der Waals surface area contributed by atoms with E-state index in [0.29, 0.717) is 12.5 Å². The Morgan fingerprint density at radius 2 is 1.15 bits per heavy atom. The van der Waals surface area contributed by atoms with Gasteiger partial charge in [0, 0.05) is 0 Å². The van der Waals surface area contributed by atoms with Crippen molar-refractivity contribution in [3.8, 4) is 0 Å². The molecule has 3 nitrogen and oxygen atoms in total. The van der Waals surface area contributed by atoms with Crippen molar-refractivity contribution < 1.29 is 13.9 Å². The molecule has 5 heteroatoms. The Labute approximate surface area is 175 Å². The van der Waals surface area contributed by atoms with E-state index in [2.05, 4.69) is 13.8 Å². The van der Waals surface area contributed by atoms with Crippen LogP contribution in [0.5, 0.6) is 0 Å². The minimum Gasteiger partial charge on any atom is -0.324 e. The van der Waals surface area contributed by atoms with Crippen molar-refractivity contribution >= 4 is 18.5 Å². The normalized spacial score (nSPS) is 15.2. The van der Waals surface area contributed by atoms with Crippen molar-refractivity contribution in [3.05, 3.63) is 0 Å². The van der Waals surface area contributed by atoms with E-state index in [1.807, 2.05) is 13.8 Å². The minimum atomic E-state index is -3.08. The number of unbranched alkanes of at least 4 members (excludes halogenated alkanes) is 11. The quantitative estimate of drug-likeness (QED) is 0.159. The summed E-state index contributed by atoms with van der Waals surface area (Å²) in [7, 11) is 0. The van der Waals surface area contributed by atoms with Crippen LogP contribution in [0.3, 0.4) is 0 Å². The highest BCUT2D eigenvalue weighted by Crippen LogP contribution is 2.45. The molecular weight excluding hydrogens is 375 g/mol. The van der Waals surface area contributed by atoms with Crippen LogP contribution in [0.1, 0.15) is 124 Å². The molecule has 0 heterocycles. The van der Waals surface area contributed by atoms with Gasteiger partial charge in [0.25, 0.3) is 0 Å². The molecule has 0 amide bonds. The monoisotopic (exact) mass is 422 g/mol. The van der Waals surface area contributed by atoms with Crippen molar-refractivity contribution in [2.24, 2.45) is 5.92 Å². The van der Waals surface area contributed by atoms with E-state index in [1.54, 1.807) is 0 Å². The molecule has 0 saturated carbocycles. The Morgan fingerprint density at radius 3 is 1.56 bits per heavy atom. The standard InChI is InChI=1S/C22H47O3PS/c1-5-7-9-11-13-15-17-19-22(18-16-14-12-10-8-6-2)20-24-26(23,27)25-21(3)4/h21-22H,5-20H2,1-4H3,(H,23,27). The summed E-state index contributed by atoms with van der Waals surface area (Å²) in [5, 5.41) is 0. The molecule has 0 fully saturated rings. The molecule has 0 aromatic rings. The van der Waals surface area contributed by atoms with Gasteiger partial charge in [0.1, 0.15) is 0 Å². The van der Waals surface area contributed by atoms with E-state index in [0.717, 1.165) is 0 Å². The van der Waals surface area contributed by atoms with E-state index < -0.39 is 6.72 Å². The Balaban J connectivity index is 4.14. The first kappa shape index (κ1) is 27.5. The van der Waals surface area contributed by atoms with Gasteiger partial charge in [-0.2, -0.15) is 0 Å². The Bertz CT molecular complexity index is 363. The van der Waals surface area contributed by atoms with Crippen molar-refractivity contribution in [1.29, 1.82) is 0 Å². The fraction of sp³-hybridized carbons (Fsp3) is 1.00. The predicted molar refractivity (Wildman–Crippen MR) is 123 cm³/mol. The fourth-order valence-corrected chi connectivity index (χ4v) is 5.10. The number of hydrogen-bond donors (Lipinski definition) is 1. The molecule has 0 spiro atoms. The van der Waals surface area contributed by atoms with Crippen LogP contribution in [0, 0.1) is 5.92 Å². The van der Waals surface area contributed by atoms with Crippen molar-refractivity contribution in [3.63, 3.8) is 0 Å². The highest BCUT2D eigenvalue weighted by atomic mass is 32.5. The average Bonchev–Trinajstić information content (AvgIpc) is 2.60. The molecule has 0 aliphatic carbocycles. The van der Waals surface area contributed by atoms with Gasteiger partial charge in [0.2, 0.25) is 0 Å². The molecule has 164 valence electrons. The van der Waals surface area contributed by atoms with E-state index in [1.165, 1.54) is 96.3 Å². The summed E-state index contributed by atoms with van der Waals surface area (Å²) in [6, 6.07) is 0. The molecule has 0 radical (unpaired) electrons. The van der Waals surface area contributed by atoms with Crippen LogP contribution < -0.4 is 0 Å². The van der Waals surface area contributed by atoms with Gasteiger partial charge in [0.15, 0.2) is 0 Å². The molecule has 0 aliphatic rings. The zero-order chi connectivity index (χ0) is 20.4. The molecule has 0 bridgehead atoms. The molecule has 0 aliphatic heterocycles. The zero-order valence-electron chi connectivity index (χ0n) is 18.6. The average molecular weight is 423 g/mol. The summed E-state index contributed by atoms with van der Waals surface area (Å²) in [5.41, 5.74) is 0. The SMILES string of the molecule is CCCCCCCCCC(CCCCCCCC)COP(O)(=S)OC(C)C. The lowest BCUT2D eigenvalue weighted by atomic mass is 9.95. The highest BCUT2D eigenvalue weighted by molar-refractivity contribution is 8.07. The molecule has 0 aromatic carbocycles. The Hall–Kier alpha value is 0.530. The zero-order valence-corrected chi connectivity index (χ0v) is 20.3. The van der Waals surface area contributed by atoms with Crippen molar-refractivity contribution in [2.75, 3.05) is 6.61 Å². The van der Waals surface area contributed by atoms with Crippen LogP contribution >= 0.6 is 6.72 Å². The van der Waals surface area contributed by atoms with Gasteiger partial charge in [-0.3, -0.25) is 0 Å². The third-order valence-electron chi connectivity index (χ3n) is 5.00. The molecular formula is C22H47O3PS. The number of hydrogen-bond acceptors (Lipinski definition) is 3. The van der Waals surface area contributed by atoms with Gasteiger partial charge < -0.3 is 13.9 Å². The van der Waals surface area contributed by atoms with Gasteiger partial charge in [-0.1, -0.05) is 97.3 Å². The first-order valence-electron chi connectivity index (χ1n) is 11.6. The first-order valence-corrected chi connectivity index (χ1v) is 14.2.